The third-order valence-electron chi connectivity index (χ3n) is 6.20. The monoisotopic (exact) mass is 448 g/mol. The first-order valence-corrected chi connectivity index (χ1v) is 12.1. The number of ether oxygens (including phenoxy) is 1. The molecule has 6 heteroatoms. The Morgan fingerprint density at radius 2 is 1.94 bits per heavy atom. The molecule has 33 heavy (non-hydrogen) atoms. The summed E-state index contributed by atoms with van der Waals surface area (Å²) in [7, 11) is 0. The van der Waals surface area contributed by atoms with Crippen LogP contribution in [0.3, 0.4) is 0 Å². The van der Waals surface area contributed by atoms with Crippen molar-refractivity contribution in [2.24, 2.45) is 0 Å². The predicted molar refractivity (Wildman–Crippen MR) is 132 cm³/mol. The van der Waals surface area contributed by atoms with Crippen LogP contribution in [0.2, 0.25) is 0 Å². The molecule has 1 fully saturated rings. The minimum absolute atomic E-state index is 0.203. The van der Waals surface area contributed by atoms with Gasteiger partial charge in [0.15, 0.2) is 0 Å². The second kappa shape index (κ2) is 11.7. The number of piperazine rings is 1. The average molecular weight is 449 g/mol. The van der Waals surface area contributed by atoms with Gasteiger partial charge in [0.2, 0.25) is 0 Å². The van der Waals surface area contributed by atoms with Crippen molar-refractivity contribution in [3.05, 3.63) is 64.1 Å². The molecule has 0 unspecified atom stereocenters. The van der Waals surface area contributed by atoms with E-state index in [2.05, 4.69) is 53.2 Å². The molecule has 2 aliphatic rings. The third kappa shape index (κ3) is 5.48. The second-order valence-electron chi connectivity index (χ2n) is 8.46. The number of rotatable bonds is 8. The van der Waals surface area contributed by atoms with E-state index in [4.69, 9.17) is 4.74 Å². The molecule has 0 bridgehead atoms. The number of nitriles is 1. The van der Waals surface area contributed by atoms with Crippen molar-refractivity contribution in [1.29, 1.82) is 5.26 Å². The lowest BCUT2D eigenvalue weighted by Gasteiger charge is -2.44. The van der Waals surface area contributed by atoms with Gasteiger partial charge < -0.3 is 15.0 Å². The molecule has 1 saturated heterocycles. The Hall–Kier alpha value is -3.04. The van der Waals surface area contributed by atoms with Crippen molar-refractivity contribution in [2.45, 2.75) is 53.4 Å². The van der Waals surface area contributed by atoms with Gasteiger partial charge in [-0.2, -0.15) is 5.26 Å². The molecule has 0 aromatic heterocycles. The average Bonchev–Trinajstić information content (AvgIpc) is 2.83. The number of carbonyl (C=O) groups excluding carboxylic acids is 1. The molecule has 2 aliphatic heterocycles. The van der Waals surface area contributed by atoms with E-state index in [0.717, 1.165) is 72.9 Å². The van der Waals surface area contributed by atoms with Crippen molar-refractivity contribution in [3.63, 3.8) is 0 Å². The van der Waals surface area contributed by atoms with E-state index in [1.165, 1.54) is 0 Å². The van der Waals surface area contributed by atoms with Crippen LogP contribution in [-0.2, 0) is 9.53 Å². The maximum absolute atomic E-state index is 12.3. The molecule has 0 aliphatic carbocycles. The van der Waals surface area contributed by atoms with Crippen LogP contribution in [0.25, 0.3) is 0 Å². The Morgan fingerprint density at radius 1 is 1.21 bits per heavy atom. The Labute approximate surface area is 198 Å². The number of carbonyl (C=O) groups is 1. The smallest absolute Gasteiger partial charge is 0.306 e. The van der Waals surface area contributed by atoms with Gasteiger partial charge in [-0.05, 0) is 56.4 Å². The summed E-state index contributed by atoms with van der Waals surface area (Å²) in [6, 6.07) is 10.8. The van der Waals surface area contributed by atoms with Gasteiger partial charge in [-0.15, -0.1) is 0 Å². The first kappa shape index (κ1) is 24.6. The zero-order valence-corrected chi connectivity index (χ0v) is 20.4. The van der Waals surface area contributed by atoms with Gasteiger partial charge in [-0.3, -0.25) is 9.69 Å². The molecule has 0 radical (unpaired) electrons. The van der Waals surface area contributed by atoms with Crippen molar-refractivity contribution < 1.29 is 9.53 Å². The first-order chi connectivity index (χ1) is 16.0. The van der Waals surface area contributed by atoms with Crippen LogP contribution >= 0.6 is 0 Å². The zero-order chi connectivity index (χ0) is 23.8. The molecule has 0 atom stereocenters. The highest BCUT2D eigenvalue weighted by atomic mass is 16.5. The van der Waals surface area contributed by atoms with Gasteiger partial charge in [-0.1, -0.05) is 37.6 Å². The topological polar surface area (TPSA) is 68.6 Å². The fraction of sp³-hybridized carbons (Fsp3) is 0.481. The van der Waals surface area contributed by atoms with Gasteiger partial charge in [0.1, 0.15) is 11.9 Å². The fourth-order valence-corrected chi connectivity index (χ4v) is 4.51. The molecule has 0 amide bonds. The summed E-state index contributed by atoms with van der Waals surface area (Å²) in [5, 5.41) is 13.7. The Bertz CT molecular complexity index is 994. The largest absolute Gasteiger partial charge is 0.466 e. The predicted octanol–water partition coefficient (Wildman–Crippen LogP) is 4.80. The minimum Gasteiger partial charge on any atom is -0.466 e. The zero-order valence-electron chi connectivity index (χ0n) is 20.4. The lowest BCUT2D eigenvalue weighted by molar-refractivity contribution is -0.143. The Balaban J connectivity index is 2.24. The Kier molecular flexibility index (Phi) is 8.73. The third-order valence-corrected chi connectivity index (χ3v) is 6.20. The number of nitrogens with zero attached hydrogens (tertiary/aromatic N) is 3. The minimum atomic E-state index is -0.203. The summed E-state index contributed by atoms with van der Waals surface area (Å²) < 4.78 is 5.22. The second-order valence-corrected chi connectivity index (χ2v) is 8.46. The quantitative estimate of drug-likeness (QED) is 0.576. The molecular formula is C27H36N4O2. The standard InChI is InChI=1S/C27H36N4O2/c1-5-7-11-25-23(19-28)21(4)22(13-14-26(32)33-6-2)27(30-17-15-29-16-18-30)31(25)24-12-9-8-10-20(24)3/h8-12,29H,5-7,13-18H2,1-4H3/b25-11+. The lowest BCUT2D eigenvalue weighted by Crippen LogP contribution is -2.48. The number of hydrogen-bond acceptors (Lipinski definition) is 6. The molecule has 2 heterocycles. The summed E-state index contributed by atoms with van der Waals surface area (Å²) in [5.41, 5.74) is 5.86. The van der Waals surface area contributed by atoms with Crippen LogP contribution < -0.4 is 10.2 Å². The van der Waals surface area contributed by atoms with E-state index >= 15 is 0 Å². The molecule has 0 saturated carbocycles. The van der Waals surface area contributed by atoms with Crippen LogP contribution in [0.5, 0.6) is 0 Å². The van der Waals surface area contributed by atoms with E-state index < -0.39 is 0 Å². The van der Waals surface area contributed by atoms with Crippen molar-refractivity contribution >= 4 is 11.7 Å². The van der Waals surface area contributed by atoms with E-state index in [1.807, 2.05) is 26.0 Å². The molecule has 3 rings (SSSR count). The number of esters is 1. The number of allylic oxidation sites excluding steroid dienone is 4. The molecule has 1 N–H and O–H groups in total. The fourth-order valence-electron chi connectivity index (χ4n) is 4.51. The number of nitrogens with one attached hydrogen (secondary N) is 1. The number of anilines is 1. The molecular weight excluding hydrogens is 412 g/mol. The number of unbranched alkanes of at least 4 members (excludes halogenated alkanes) is 1. The highest BCUT2D eigenvalue weighted by molar-refractivity contribution is 5.75. The summed E-state index contributed by atoms with van der Waals surface area (Å²) in [5.74, 6) is 0.889. The van der Waals surface area contributed by atoms with E-state index in [-0.39, 0.29) is 5.97 Å². The normalized spacial score (nSPS) is 18.1. The van der Waals surface area contributed by atoms with E-state index in [1.54, 1.807) is 0 Å². The van der Waals surface area contributed by atoms with Crippen molar-refractivity contribution in [1.82, 2.24) is 10.2 Å². The van der Waals surface area contributed by atoms with Crippen molar-refractivity contribution in [3.8, 4) is 6.07 Å². The van der Waals surface area contributed by atoms with Crippen molar-refractivity contribution in [2.75, 3.05) is 37.7 Å². The van der Waals surface area contributed by atoms with Gasteiger partial charge in [-0.25, -0.2) is 0 Å². The number of benzene rings is 1. The van der Waals surface area contributed by atoms with Crippen LogP contribution in [0.4, 0.5) is 5.69 Å². The molecule has 1 aromatic rings. The molecule has 0 spiro atoms. The Morgan fingerprint density at radius 3 is 2.58 bits per heavy atom. The lowest BCUT2D eigenvalue weighted by atomic mass is 9.90. The highest BCUT2D eigenvalue weighted by Crippen LogP contribution is 2.42. The highest BCUT2D eigenvalue weighted by Gasteiger charge is 2.34. The summed E-state index contributed by atoms with van der Waals surface area (Å²) in [6.07, 6.45) is 4.93. The number of para-hydroxylation sites is 1. The maximum Gasteiger partial charge on any atom is 0.306 e. The van der Waals surface area contributed by atoms with Crippen LogP contribution in [0.15, 0.2) is 58.6 Å². The number of aryl methyl sites for hydroxylation is 1. The number of hydrogen-bond donors (Lipinski definition) is 1. The van der Waals surface area contributed by atoms with E-state index in [9.17, 15) is 10.1 Å². The first-order valence-electron chi connectivity index (χ1n) is 12.1. The molecule has 176 valence electrons. The summed E-state index contributed by atoms with van der Waals surface area (Å²) >= 11 is 0. The van der Waals surface area contributed by atoms with E-state index in [0.29, 0.717) is 25.0 Å². The van der Waals surface area contributed by atoms with Crippen LogP contribution in [0.1, 0.15) is 52.0 Å². The van der Waals surface area contributed by atoms with Gasteiger partial charge >= 0.3 is 5.97 Å². The maximum atomic E-state index is 12.3. The van der Waals surface area contributed by atoms with Crippen LogP contribution in [0, 0.1) is 18.3 Å². The summed E-state index contributed by atoms with van der Waals surface area (Å²) in [6.45, 7) is 12.0. The van der Waals surface area contributed by atoms with Gasteiger partial charge in [0, 0.05) is 32.6 Å². The molecule has 1 aromatic carbocycles. The molecule has 6 nitrogen and oxygen atoms in total. The summed E-state index contributed by atoms with van der Waals surface area (Å²) in [4.78, 5) is 16.9. The van der Waals surface area contributed by atoms with Gasteiger partial charge in [0.05, 0.1) is 23.6 Å². The van der Waals surface area contributed by atoms with Crippen LogP contribution in [-0.4, -0.2) is 43.7 Å². The SMILES string of the molecule is CCC/C=C1\C(C#N)=C(C)C(CCC(=O)OCC)=C(N2CCNCC2)N1c1ccccc1C. The van der Waals surface area contributed by atoms with Gasteiger partial charge in [0.25, 0.3) is 0 Å².